The summed E-state index contributed by atoms with van der Waals surface area (Å²) in [6.45, 7) is 1.23. The van der Waals surface area contributed by atoms with E-state index in [0.29, 0.717) is 26.1 Å². The maximum Gasteiger partial charge on any atom is 0.323 e. The van der Waals surface area contributed by atoms with Crippen molar-refractivity contribution in [1.29, 1.82) is 0 Å². The molecule has 1 aromatic carbocycles. The van der Waals surface area contributed by atoms with E-state index in [1.54, 1.807) is 0 Å². The first-order chi connectivity index (χ1) is 10.5. The Morgan fingerprint density at radius 2 is 2.00 bits per heavy atom. The highest BCUT2D eigenvalue weighted by molar-refractivity contribution is 5.87. The van der Waals surface area contributed by atoms with Gasteiger partial charge in [-0.1, -0.05) is 18.2 Å². The molecule has 0 aromatic heterocycles. The lowest BCUT2D eigenvalue weighted by Gasteiger charge is -2.30. The fraction of sp³-hybridized carbons (Fsp3) is 0.500. The number of amides is 1. The second-order valence-electron chi connectivity index (χ2n) is 5.68. The van der Waals surface area contributed by atoms with Gasteiger partial charge in [-0.2, -0.15) is 0 Å². The van der Waals surface area contributed by atoms with Crippen LogP contribution in [0.15, 0.2) is 24.3 Å². The zero-order valence-electron chi connectivity index (χ0n) is 13.0. The van der Waals surface area contributed by atoms with Crippen molar-refractivity contribution in [3.05, 3.63) is 29.8 Å². The summed E-state index contributed by atoms with van der Waals surface area (Å²) >= 11 is 0. The molecule has 6 heteroatoms. The fourth-order valence-corrected chi connectivity index (χ4v) is 2.57. The highest BCUT2D eigenvalue weighted by Crippen LogP contribution is 2.34. The highest BCUT2D eigenvalue weighted by Gasteiger charge is 2.31. The Morgan fingerprint density at radius 1 is 1.27 bits per heavy atom. The number of carboxylic acids is 1. The molecule has 6 nitrogen and oxygen atoms in total. The third-order valence-electron chi connectivity index (χ3n) is 3.71. The van der Waals surface area contributed by atoms with Crippen LogP contribution in [0.4, 0.5) is 0 Å². The largest absolute Gasteiger partial charge is 0.493 e. The van der Waals surface area contributed by atoms with E-state index in [0.717, 1.165) is 11.3 Å². The van der Waals surface area contributed by atoms with Gasteiger partial charge in [-0.3, -0.25) is 9.59 Å². The molecule has 0 saturated carbocycles. The molecule has 0 fully saturated rings. The molecule has 0 aliphatic carbocycles. The first-order valence-corrected chi connectivity index (χ1v) is 7.36. The van der Waals surface area contributed by atoms with Gasteiger partial charge in [0.15, 0.2) is 0 Å². The van der Waals surface area contributed by atoms with Gasteiger partial charge in [0.2, 0.25) is 5.91 Å². The number of para-hydroxylation sites is 1. The smallest absolute Gasteiger partial charge is 0.323 e. The van der Waals surface area contributed by atoms with Gasteiger partial charge in [-0.15, -0.1) is 0 Å². The van der Waals surface area contributed by atoms with Crippen molar-refractivity contribution in [1.82, 2.24) is 9.80 Å². The monoisotopic (exact) mass is 306 g/mol. The molecule has 1 aliphatic heterocycles. The van der Waals surface area contributed by atoms with E-state index in [4.69, 9.17) is 9.84 Å². The number of rotatable bonds is 6. The summed E-state index contributed by atoms with van der Waals surface area (Å²) in [5.41, 5.74) is 0.846. The average molecular weight is 306 g/mol. The SMILES string of the molecule is CN(C)CCN(CC(=O)O)C(=O)[C@H]1CCOc2ccccc21. The lowest BCUT2D eigenvalue weighted by atomic mass is 9.91. The first kappa shape index (κ1) is 16.3. The topological polar surface area (TPSA) is 70.1 Å². The Hall–Kier alpha value is -2.08. The summed E-state index contributed by atoms with van der Waals surface area (Å²) in [7, 11) is 3.79. The molecule has 120 valence electrons. The minimum atomic E-state index is -0.993. The molecule has 0 unspecified atom stereocenters. The summed E-state index contributed by atoms with van der Waals surface area (Å²) in [6, 6.07) is 7.46. The molecule has 1 aliphatic rings. The zero-order chi connectivity index (χ0) is 16.1. The van der Waals surface area contributed by atoms with Gasteiger partial charge in [-0.25, -0.2) is 0 Å². The fourth-order valence-electron chi connectivity index (χ4n) is 2.57. The van der Waals surface area contributed by atoms with Crippen LogP contribution in [0.5, 0.6) is 5.75 Å². The molecule has 0 bridgehead atoms. The molecule has 2 rings (SSSR count). The molecule has 1 amide bonds. The number of nitrogens with zero attached hydrogens (tertiary/aromatic N) is 2. The van der Waals surface area contributed by atoms with Crippen LogP contribution in [-0.2, 0) is 9.59 Å². The van der Waals surface area contributed by atoms with E-state index in [9.17, 15) is 9.59 Å². The van der Waals surface area contributed by atoms with Gasteiger partial charge in [0.25, 0.3) is 0 Å². The standard InChI is InChI=1S/C16H22N2O4/c1-17(2)8-9-18(11-15(19)20)16(21)13-7-10-22-14-6-4-3-5-12(13)14/h3-6,13H,7-11H2,1-2H3,(H,19,20)/t13-/m0/s1. The van der Waals surface area contributed by atoms with Crippen molar-refractivity contribution in [3.8, 4) is 5.75 Å². The number of hydrogen-bond acceptors (Lipinski definition) is 4. The second kappa shape index (κ2) is 7.26. The molecule has 0 saturated heterocycles. The summed E-state index contributed by atoms with van der Waals surface area (Å²) in [5, 5.41) is 9.06. The van der Waals surface area contributed by atoms with Crippen molar-refractivity contribution in [2.24, 2.45) is 0 Å². The van der Waals surface area contributed by atoms with E-state index in [2.05, 4.69) is 0 Å². The van der Waals surface area contributed by atoms with Crippen LogP contribution in [-0.4, -0.2) is 67.1 Å². The first-order valence-electron chi connectivity index (χ1n) is 7.36. The lowest BCUT2D eigenvalue weighted by Crippen LogP contribution is -2.43. The molecule has 1 atom stereocenters. The summed E-state index contributed by atoms with van der Waals surface area (Å²) in [6.07, 6.45) is 0.577. The normalized spacial score (nSPS) is 16.8. The molecule has 0 radical (unpaired) electrons. The van der Waals surface area contributed by atoms with E-state index in [1.165, 1.54) is 4.90 Å². The Balaban J connectivity index is 2.17. The predicted molar refractivity (Wildman–Crippen MR) is 82.1 cm³/mol. The van der Waals surface area contributed by atoms with Crippen molar-refractivity contribution in [2.75, 3.05) is 40.3 Å². The van der Waals surface area contributed by atoms with Gasteiger partial charge in [0.05, 0.1) is 12.5 Å². The van der Waals surface area contributed by atoms with Crippen molar-refractivity contribution in [2.45, 2.75) is 12.3 Å². The van der Waals surface area contributed by atoms with Crippen LogP contribution in [0, 0.1) is 0 Å². The van der Waals surface area contributed by atoms with Gasteiger partial charge >= 0.3 is 5.97 Å². The minimum Gasteiger partial charge on any atom is -0.493 e. The summed E-state index contributed by atoms with van der Waals surface area (Å²) < 4.78 is 5.57. The molecular weight excluding hydrogens is 284 g/mol. The molecule has 1 aromatic rings. The number of carbonyl (C=O) groups excluding carboxylic acids is 1. The van der Waals surface area contributed by atoms with Gasteiger partial charge in [0.1, 0.15) is 12.3 Å². The third-order valence-corrected chi connectivity index (χ3v) is 3.71. The number of benzene rings is 1. The van der Waals surface area contributed by atoms with Crippen LogP contribution < -0.4 is 4.74 Å². The Kier molecular flexibility index (Phi) is 5.38. The predicted octanol–water partition coefficient (Wildman–Crippen LogP) is 1.03. The molecular formula is C16H22N2O4. The van der Waals surface area contributed by atoms with E-state index < -0.39 is 5.97 Å². The van der Waals surface area contributed by atoms with E-state index in [1.807, 2.05) is 43.3 Å². The Labute approximate surface area is 130 Å². The van der Waals surface area contributed by atoms with Crippen molar-refractivity contribution in [3.63, 3.8) is 0 Å². The molecule has 22 heavy (non-hydrogen) atoms. The highest BCUT2D eigenvalue weighted by atomic mass is 16.5. The van der Waals surface area contributed by atoms with Gasteiger partial charge < -0.3 is 19.6 Å². The van der Waals surface area contributed by atoms with Crippen LogP contribution in [0.3, 0.4) is 0 Å². The van der Waals surface area contributed by atoms with E-state index in [-0.39, 0.29) is 18.4 Å². The van der Waals surface area contributed by atoms with Crippen LogP contribution in [0.1, 0.15) is 17.9 Å². The maximum atomic E-state index is 12.8. The molecule has 0 spiro atoms. The number of hydrogen-bond donors (Lipinski definition) is 1. The summed E-state index contributed by atoms with van der Waals surface area (Å²) in [5.74, 6) is -0.742. The summed E-state index contributed by atoms with van der Waals surface area (Å²) in [4.78, 5) is 27.2. The quantitative estimate of drug-likeness (QED) is 0.850. The number of fused-ring (bicyclic) bond motifs is 1. The zero-order valence-corrected chi connectivity index (χ0v) is 13.0. The number of carbonyl (C=O) groups is 2. The number of ether oxygens (including phenoxy) is 1. The van der Waals surface area contributed by atoms with Gasteiger partial charge in [0, 0.05) is 18.7 Å². The molecule has 1 heterocycles. The maximum absolute atomic E-state index is 12.8. The van der Waals surface area contributed by atoms with Crippen molar-refractivity contribution >= 4 is 11.9 Å². The van der Waals surface area contributed by atoms with Crippen LogP contribution in [0.2, 0.25) is 0 Å². The number of carboxylic acid groups (broad SMARTS) is 1. The number of aliphatic carboxylic acids is 1. The number of likely N-dealkylation sites (N-methyl/N-ethyl adjacent to an activating group) is 1. The van der Waals surface area contributed by atoms with Crippen molar-refractivity contribution < 1.29 is 19.4 Å². The Bertz CT molecular complexity index is 545. The van der Waals surface area contributed by atoms with Crippen LogP contribution >= 0.6 is 0 Å². The lowest BCUT2D eigenvalue weighted by molar-refractivity contribution is -0.145. The average Bonchev–Trinajstić information content (AvgIpc) is 2.49. The van der Waals surface area contributed by atoms with Gasteiger partial charge in [-0.05, 0) is 26.6 Å². The minimum absolute atomic E-state index is 0.139. The van der Waals surface area contributed by atoms with Crippen LogP contribution in [0.25, 0.3) is 0 Å². The van der Waals surface area contributed by atoms with E-state index >= 15 is 0 Å². The Morgan fingerprint density at radius 3 is 2.68 bits per heavy atom. The second-order valence-corrected chi connectivity index (χ2v) is 5.68. The third kappa shape index (κ3) is 3.98. The molecule has 1 N–H and O–H groups in total.